The molecule has 23 heavy (non-hydrogen) atoms. The molecule has 6 heteroatoms. The van der Waals surface area contributed by atoms with E-state index in [1.807, 2.05) is 37.4 Å². The first-order valence-electron chi connectivity index (χ1n) is 7.88. The average molecular weight is 310 g/mol. The predicted molar refractivity (Wildman–Crippen MR) is 84.8 cm³/mol. The van der Waals surface area contributed by atoms with Gasteiger partial charge >= 0.3 is 0 Å². The summed E-state index contributed by atoms with van der Waals surface area (Å²) < 4.78 is 11.0. The number of pyridine rings is 1. The van der Waals surface area contributed by atoms with Crippen LogP contribution < -0.4 is 5.32 Å². The smallest absolute Gasteiger partial charge is 0.260 e. The molecule has 0 saturated carbocycles. The Kier molecular flexibility index (Phi) is 3.67. The van der Waals surface area contributed by atoms with Crippen LogP contribution >= 0.6 is 0 Å². The van der Waals surface area contributed by atoms with Gasteiger partial charge < -0.3 is 14.3 Å². The maximum Gasteiger partial charge on any atom is 0.260 e. The summed E-state index contributed by atoms with van der Waals surface area (Å²) in [6.45, 7) is 3.92. The van der Waals surface area contributed by atoms with Crippen molar-refractivity contribution in [1.29, 1.82) is 0 Å². The Bertz CT molecular complexity index is 802. The molecule has 1 fully saturated rings. The molecule has 118 valence electrons. The van der Waals surface area contributed by atoms with Gasteiger partial charge in [0.05, 0.1) is 11.3 Å². The minimum absolute atomic E-state index is 0.425. The molecule has 1 saturated heterocycles. The summed E-state index contributed by atoms with van der Waals surface area (Å²) in [5.41, 5.74) is 1.96. The van der Waals surface area contributed by atoms with Crippen molar-refractivity contribution in [2.75, 3.05) is 13.1 Å². The predicted octanol–water partition coefficient (Wildman–Crippen LogP) is 3.17. The van der Waals surface area contributed by atoms with E-state index in [0.29, 0.717) is 23.4 Å². The summed E-state index contributed by atoms with van der Waals surface area (Å²) in [5.74, 6) is 2.82. The van der Waals surface area contributed by atoms with Crippen LogP contribution in [-0.4, -0.2) is 28.2 Å². The number of hydrogen-bond acceptors (Lipinski definition) is 6. The first-order chi connectivity index (χ1) is 11.3. The van der Waals surface area contributed by atoms with E-state index in [2.05, 4.69) is 20.4 Å². The number of rotatable bonds is 3. The lowest BCUT2D eigenvalue weighted by Gasteiger charge is -2.23. The van der Waals surface area contributed by atoms with Gasteiger partial charge in [0.15, 0.2) is 5.76 Å². The molecule has 6 nitrogen and oxygen atoms in total. The Morgan fingerprint density at radius 2 is 2.04 bits per heavy atom. The Morgan fingerprint density at radius 1 is 1.17 bits per heavy atom. The lowest BCUT2D eigenvalue weighted by Crippen LogP contribution is -2.27. The number of aryl methyl sites for hydroxylation is 1. The molecule has 0 unspecified atom stereocenters. The molecule has 3 aromatic heterocycles. The molecule has 0 radical (unpaired) electrons. The van der Waals surface area contributed by atoms with Gasteiger partial charge in [0.1, 0.15) is 5.76 Å². The number of furan rings is 1. The van der Waals surface area contributed by atoms with Crippen LogP contribution in [0.2, 0.25) is 0 Å². The van der Waals surface area contributed by atoms with Crippen molar-refractivity contribution in [3.05, 3.63) is 41.9 Å². The van der Waals surface area contributed by atoms with Crippen LogP contribution in [0.3, 0.4) is 0 Å². The standard InChI is InChI=1S/C17H18N4O2/c1-11-4-5-14(22-11)16-20-17(23-21-16)13-3-2-8-19-15(13)12-6-9-18-10-7-12/h2-5,8,12,18H,6-7,9-10H2,1H3. The molecule has 0 bridgehead atoms. The van der Waals surface area contributed by atoms with E-state index in [0.717, 1.165) is 42.9 Å². The van der Waals surface area contributed by atoms with Crippen LogP contribution in [0.5, 0.6) is 0 Å². The van der Waals surface area contributed by atoms with E-state index in [9.17, 15) is 0 Å². The van der Waals surface area contributed by atoms with Crippen molar-refractivity contribution in [2.45, 2.75) is 25.7 Å². The largest absolute Gasteiger partial charge is 0.458 e. The lowest BCUT2D eigenvalue weighted by atomic mass is 9.91. The van der Waals surface area contributed by atoms with Crippen LogP contribution in [0.15, 0.2) is 39.4 Å². The van der Waals surface area contributed by atoms with Gasteiger partial charge in [-0.2, -0.15) is 4.98 Å². The van der Waals surface area contributed by atoms with Gasteiger partial charge in [-0.3, -0.25) is 4.98 Å². The van der Waals surface area contributed by atoms with Crippen LogP contribution in [0.25, 0.3) is 23.0 Å². The molecule has 4 heterocycles. The molecule has 1 N–H and O–H groups in total. The Hall–Kier alpha value is -2.47. The first-order valence-corrected chi connectivity index (χ1v) is 7.88. The summed E-state index contributed by atoms with van der Waals surface area (Å²) in [4.78, 5) is 9.08. The third kappa shape index (κ3) is 2.77. The van der Waals surface area contributed by atoms with Gasteiger partial charge in [-0.1, -0.05) is 5.16 Å². The van der Waals surface area contributed by atoms with Gasteiger partial charge in [-0.25, -0.2) is 0 Å². The van der Waals surface area contributed by atoms with Crippen LogP contribution in [0.1, 0.15) is 30.2 Å². The van der Waals surface area contributed by atoms with Gasteiger partial charge in [-0.15, -0.1) is 0 Å². The Balaban J connectivity index is 1.69. The third-order valence-electron chi connectivity index (χ3n) is 4.18. The zero-order valence-corrected chi connectivity index (χ0v) is 13.0. The normalized spacial score (nSPS) is 15.9. The van der Waals surface area contributed by atoms with Crippen molar-refractivity contribution >= 4 is 0 Å². The quantitative estimate of drug-likeness (QED) is 0.800. The highest BCUT2D eigenvalue weighted by atomic mass is 16.5. The molecule has 4 rings (SSSR count). The summed E-state index contributed by atoms with van der Waals surface area (Å²) >= 11 is 0. The average Bonchev–Trinajstić information content (AvgIpc) is 3.24. The van der Waals surface area contributed by atoms with E-state index in [1.165, 1.54) is 0 Å². The lowest BCUT2D eigenvalue weighted by molar-refractivity contribution is 0.424. The van der Waals surface area contributed by atoms with Crippen molar-refractivity contribution in [2.24, 2.45) is 0 Å². The van der Waals surface area contributed by atoms with Crippen LogP contribution in [-0.2, 0) is 0 Å². The number of piperidine rings is 1. The second-order valence-electron chi connectivity index (χ2n) is 5.79. The summed E-state index contributed by atoms with van der Waals surface area (Å²) in [6, 6.07) is 7.63. The van der Waals surface area contributed by atoms with Gasteiger partial charge in [0.25, 0.3) is 5.89 Å². The monoisotopic (exact) mass is 310 g/mol. The number of nitrogens with one attached hydrogen (secondary N) is 1. The number of nitrogens with zero attached hydrogens (tertiary/aromatic N) is 3. The number of aromatic nitrogens is 3. The molecule has 0 spiro atoms. The fourth-order valence-corrected chi connectivity index (χ4v) is 3.01. The Labute approximate surface area is 133 Å². The van der Waals surface area contributed by atoms with Crippen molar-refractivity contribution in [3.8, 4) is 23.0 Å². The van der Waals surface area contributed by atoms with E-state index in [4.69, 9.17) is 8.94 Å². The van der Waals surface area contributed by atoms with Gasteiger partial charge in [0, 0.05) is 12.1 Å². The van der Waals surface area contributed by atoms with Crippen LogP contribution in [0, 0.1) is 6.92 Å². The van der Waals surface area contributed by atoms with Crippen molar-refractivity contribution < 1.29 is 8.94 Å². The van der Waals surface area contributed by atoms with Crippen molar-refractivity contribution in [1.82, 2.24) is 20.4 Å². The molecule has 1 aliphatic rings. The minimum atomic E-state index is 0.425. The zero-order chi connectivity index (χ0) is 15.6. The summed E-state index contributed by atoms with van der Waals surface area (Å²) in [7, 11) is 0. The Morgan fingerprint density at radius 3 is 2.83 bits per heavy atom. The van der Waals surface area contributed by atoms with Crippen LogP contribution in [0.4, 0.5) is 0 Å². The highest BCUT2D eigenvalue weighted by Crippen LogP contribution is 2.32. The molecular weight excluding hydrogens is 292 g/mol. The highest BCUT2D eigenvalue weighted by molar-refractivity contribution is 5.59. The fraction of sp³-hybridized carbons (Fsp3) is 0.353. The first kappa shape index (κ1) is 14.1. The van der Waals surface area contributed by atoms with E-state index in [1.54, 1.807) is 0 Å². The van der Waals surface area contributed by atoms with E-state index < -0.39 is 0 Å². The topological polar surface area (TPSA) is 77.0 Å². The number of hydrogen-bond donors (Lipinski definition) is 1. The van der Waals surface area contributed by atoms with E-state index in [-0.39, 0.29) is 0 Å². The van der Waals surface area contributed by atoms with Gasteiger partial charge in [-0.05, 0) is 57.1 Å². The highest BCUT2D eigenvalue weighted by Gasteiger charge is 2.23. The maximum absolute atomic E-state index is 5.56. The summed E-state index contributed by atoms with van der Waals surface area (Å²) in [6.07, 6.45) is 3.97. The molecule has 0 aliphatic carbocycles. The SMILES string of the molecule is Cc1ccc(-c2noc(-c3cccnc3C3CCNCC3)n2)o1. The summed E-state index contributed by atoms with van der Waals surface area (Å²) in [5, 5.41) is 7.42. The van der Waals surface area contributed by atoms with Gasteiger partial charge in [0.2, 0.25) is 5.82 Å². The van der Waals surface area contributed by atoms with Crippen molar-refractivity contribution in [3.63, 3.8) is 0 Å². The molecule has 0 aromatic carbocycles. The second kappa shape index (κ2) is 5.96. The second-order valence-corrected chi connectivity index (χ2v) is 5.79. The third-order valence-corrected chi connectivity index (χ3v) is 4.18. The molecule has 3 aromatic rings. The van der Waals surface area contributed by atoms with E-state index >= 15 is 0 Å². The minimum Gasteiger partial charge on any atom is -0.458 e. The fourth-order valence-electron chi connectivity index (χ4n) is 3.01. The molecule has 0 atom stereocenters. The zero-order valence-electron chi connectivity index (χ0n) is 13.0. The molecule has 1 aliphatic heterocycles. The molecule has 0 amide bonds. The molecular formula is C17H18N4O2. The maximum atomic E-state index is 5.56.